The minimum Gasteiger partial charge on any atom is -0.380 e. The molecule has 0 bridgehead atoms. The SMILES string of the molecule is CCOCCNC(=O)N(Cc1ccc(C)s1)C1CC1. The lowest BCUT2D eigenvalue weighted by molar-refractivity contribution is 0.144. The summed E-state index contributed by atoms with van der Waals surface area (Å²) >= 11 is 1.76. The number of aryl methyl sites for hydroxylation is 1. The highest BCUT2D eigenvalue weighted by atomic mass is 32.1. The van der Waals surface area contributed by atoms with Crippen LogP contribution in [0.4, 0.5) is 4.79 Å². The van der Waals surface area contributed by atoms with Crippen molar-refractivity contribution in [2.45, 2.75) is 39.3 Å². The fourth-order valence-electron chi connectivity index (χ4n) is 1.97. The summed E-state index contributed by atoms with van der Waals surface area (Å²) in [6.07, 6.45) is 2.26. The Labute approximate surface area is 118 Å². The molecular formula is C14H22N2O2S. The normalized spacial score (nSPS) is 14.4. The highest BCUT2D eigenvalue weighted by molar-refractivity contribution is 7.11. The molecule has 0 saturated heterocycles. The molecule has 0 spiro atoms. The van der Waals surface area contributed by atoms with Crippen LogP contribution in [0, 0.1) is 6.92 Å². The van der Waals surface area contributed by atoms with E-state index in [9.17, 15) is 4.79 Å². The number of rotatable bonds is 7. The number of ether oxygens (including phenoxy) is 1. The molecule has 1 aliphatic rings. The first-order valence-corrected chi connectivity index (χ1v) is 7.70. The van der Waals surface area contributed by atoms with Crippen molar-refractivity contribution in [3.63, 3.8) is 0 Å². The Morgan fingerprint density at radius 2 is 2.32 bits per heavy atom. The Bertz CT molecular complexity index is 415. The van der Waals surface area contributed by atoms with Crippen molar-refractivity contribution in [2.24, 2.45) is 0 Å². The largest absolute Gasteiger partial charge is 0.380 e. The van der Waals surface area contributed by atoms with Gasteiger partial charge >= 0.3 is 6.03 Å². The summed E-state index contributed by atoms with van der Waals surface area (Å²) in [6.45, 7) is 6.63. The summed E-state index contributed by atoms with van der Waals surface area (Å²) in [5, 5.41) is 2.93. The second-order valence-corrected chi connectivity index (χ2v) is 6.17. The van der Waals surface area contributed by atoms with Crippen molar-refractivity contribution in [1.29, 1.82) is 0 Å². The molecule has 1 aromatic heterocycles. The van der Waals surface area contributed by atoms with Crippen molar-refractivity contribution >= 4 is 17.4 Å². The van der Waals surface area contributed by atoms with Gasteiger partial charge in [-0.25, -0.2) is 4.79 Å². The second kappa shape index (κ2) is 6.91. The molecule has 106 valence electrons. The van der Waals surface area contributed by atoms with Gasteiger partial charge < -0.3 is 15.0 Å². The molecule has 1 N–H and O–H groups in total. The van der Waals surface area contributed by atoms with E-state index in [0.717, 1.165) is 19.4 Å². The maximum Gasteiger partial charge on any atom is 0.318 e. The van der Waals surface area contributed by atoms with Crippen LogP contribution < -0.4 is 5.32 Å². The number of hydrogen-bond acceptors (Lipinski definition) is 3. The van der Waals surface area contributed by atoms with Crippen molar-refractivity contribution in [1.82, 2.24) is 10.2 Å². The molecule has 4 nitrogen and oxygen atoms in total. The predicted molar refractivity (Wildman–Crippen MR) is 77.5 cm³/mol. The number of carbonyl (C=O) groups excluding carboxylic acids is 1. The van der Waals surface area contributed by atoms with Crippen molar-refractivity contribution < 1.29 is 9.53 Å². The second-order valence-electron chi connectivity index (χ2n) is 4.80. The van der Waals surface area contributed by atoms with Crippen LogP contribution in [-0.2, 0) is 11.3 Å². The van der Waals surface area contributed by atoms with Crippen LogP contribution in [0.3, 0.4) is 0 Å². The molecule has 1 heterocycles. The molecule has 0 aliphatic heterocycles. The minimum absolute atomic E-state index is 0.0354. The summed E-state index contributed by atoms with van der Waals surface area (Å²) in [5.74, 6) is 0. The fourth-order valence-corrected chi connectivity index (χ4v) is 2.86. The van der Waals surface area contributed by atoms with Gasteiger partial charge in [-0.05, 0) is 38.8 Å². The number of amides is 2. The van der Waals surface area contributed by atoms with Gasteiger partial charge in [-0.3, -0.25) is 0 Å². The van der Waals surface area contributed by atoms with Crippen LogP contribution in [0.5, 0.6) is 0 Å². The lowest BCUT2D eigenvalue weighted by Gasteiger charge is -2.22. The Balaban J connectivity index is 1.83. The van der Waals surface area contributed by atoms with Crippen molar-refractivity contribution in [3.05, 3.63) is 21.9 Å². The molecule has 1 aromatic rings. The van der Waals surface area contributed by atoms with E-state index in [4.69, 9.17) is 4.74 Å². The van der Waals surface area contributed by atoms with E-state index in [-0.39, 0.29) is 6.03 Å². The molecule has 0 aromatic carbocycles. The Hall–Kier alpha value is -1.07. The van der Waals surface area contributed by atoms with Crippen LogP contribution in [0.25, 0.3) is 0 Å². The highest BCUT2D eigenvalue weighted by Gasteiger charge is 2.32. The van der Waals surface area contributed by atoms with Crippen LogP contribution in [0.2, 0.25) is 0 Å². The van der Waals surface area contributed by atoms with Gasteiger partial charge in [-0.2, -0.15) is 0 Å². The molecule has 2 amide bonds. The first kappa shape index (κ1) is 14.3. The zero-order valence-electron chi connectivity index (χ0n) is 11.6. The van der Waals surface area contributed by atoms with Gasteiger partial charge in [0.25, 0.3) is 0 Å². The Morgan fingerprint density at radius 3 is 2.89 bits per heavy atom. The topological polar surface area (TPSA) is 41.6 Å². The quantitative estimate of drug-likeness (QED) is 0.781. The average Bonchev–Trinajstić information content (AvgIpc) is 3.15. The van der Waals surface area contributed by atoms with Crippen LogP contribution in [0.1, 0.15) is 29.5 Å². The zero-order valence-corrected chi connectivity index (χ0v) is 12.5. The van der Waals surface area contributed by atoms with Crippen LogP contribution in [0.15, 0.2) is 12.1 Å². The number of urea groups is 1. The number of carbonyl (C=O) groups is 1. The van der Waals surface area contributed by atoms with Crippen molar-refractivity contribution in [2.75, 3.05) is 19.8 Å². The molecule has 0 unspecified atom stereocenters. The van der Waals surface area contributed by atoms with Gasteiger partial charge in [-0.1, -0.05) is 0 Å². The van der Waals surface area contributed by atoms with E-state index in [0.29, 0.717) is 25.8 Å². The average molecular weight is 282 g/mol. The van der Waals surface area contributed by atoms with Gasteiger partial charge in [0, 0.05) is 28.9 Å². The Morgan fingerprint density at radius 1 is 1.53 bits per heavy atom. The molecular weight excluding hydrogens is 260 g/mol. The lowest BCUT2D eigenvalue weighted by atomic mass is 10.4. The summed E-state index contributed by atoms with van der Waals surface area (Å²) in [5.41, 5.74) is 0. The van der Waals surface area contributed by atoms with Crippen LogP contribution in [-0.4, -0.2) is 36.7 Å². The van der Waals surface area contributed by atoms with E-state index < -0.39 is 0 Å². The summed E-state index contributed by atoms with van der Waals surface area (Å²) in [7, 11) is 0. The van der Waals surface area contributed by atoms with Gasteiger partial charge in [0.15, 0.2) is 0 Å². The zero-order chi connectivity index (χ0) is 13.7. The van der Waals surface area contributed by atoms with Crippen LogP contribution >= 0.6 is 11.3 Å². The molecule has 2 rings (SSSR count). The molecule has 5 heteroatoms. The number of nitrogens with zero attached hydrogens (tertiary/aromatic N) is 1. The maximum absolute atomic E-state index is 12.2. The number of hydrogen-bond donors (Lipinski definition) is 1. The predicted octanol–water partition coefficient (Wildman–Crippen LogP) is 2.77. The van der Waals surface area contributed by atoms with Gasteiger partial charge in [0.05, 0.1) is 13.2 Å². The third-order valence-electron chi connectivity index (χ3n) is 3.10. The van der Waals surface area contributed by atoms with Gasteiger partial charge in [-0.15, -0.1) is 11.3 Å². The molecule has 1 aliphatic carbocycles. The van der Waals surface area contributed by atoms with Gasteiger partial charge in [0.2, 0.25) is 0 Å². The molecule has 0 radical (unpaired) electrons. The van der Waals surface area contributed by atoms with Crippen molar-refractivity contribution in [3.8, 4) is 0 Å². The molecule has 1 fully saturated rings. The third kappa shape index (κ3) is 4.51. The monoisotopic (exact) mass is 282 g/mol. The fraction of sp³-hybridized carbons (Fsp3) is 0.643. The molecule has 0 atom stereocenters. The number of nitrogens with one attached hydrogen (secondary N) is 1. The smallest absolute Gasteiger partial charge is 0.318 e. The highest BCUT2D eigenvalue weighted by Crippen LogP contribution is 2.29. The van der Waals surface area contributed by atoms with E-state index >= 15 is 0 Å². The van der Waals surface area contributed by atoms with Gasteiger partial charge in [0.1, 0.15) is 0 Å². The maximum atomic E-state index is 12.2. The standard InChI is InChI=1S/C14H22N2O2S/c1-3-18-9-8-15-14(17)16(12-5-6-12)10-13-7-4-11(2)19-13/h4,7,12H,3,5-6,8-10H2,1-2H3,(H,15,17). The first-order valence-electron chi connectivity index (χ1n) is 6.88. The lowest BCUT2D eigenvalue weighted by Crippen LogP contribution is -2.42. The van der Waals surface area contributed by atoms with E-state index in [2.05, 4.69) is 24.4 Å². The summed E-state index contributed by atoms with van der Waals surface area (Å²) in [6, 6.07) is 4.68. The first-order chi connectivity index (χ1) is 9.20. The van der Waals surface area contributed by atoms with E-state index in [1.807, 2.05) is 11.8 Å². The molecule has 19 heavy (non-hydrogen) atoms. The Kier molecular flexibility index (Phi) is 5.22. The molecule has 1 saturated carbocycles. The third-order valence-corrected chi connectivity index (χ3v) is 4.08. The summed E-state index contributed by atoms with van der Waals surface area (Å²) < 4.78 is 5.23. The number of thiophene rings is 1. The minimum atomic E-state index is 0.0354. The van der Waals surface area contributed by atoms with E-state index in [1.54, 1.807) is 11.3 Å². The van der Waals surface area contributed by atoms with E-state index in [1.165, 1.54) is 9.75 Å². The summed E-state index contributed by atoms with van der Waals surface area (Å²) in [4.78, 5) is 16.7.